The van der Waals surface area contributed by atoms with Crippen LogP contribution in [-0.2, 0) is 14.3 Å². The minimum atomic E-state index is -0.568. The summed E-state index contributed by atoms with van der Waals surface area (Å²) in [4.78, 5) is 26.3. The Hall–Kier alpha value is -3.28. The third kappa shape index (κ3) is 6.37. The molecule has 2 aromatic rings. The van der Waals surface area contributed by atoms with Crippen molar-refractivity contribution < 1.29 is 19.1 Å². The zero-order valence-corrected chi connectivity index (χ0v) is 17.3. The van der Waals surface area contributed by atoms with E-state index in [9.17, 15) is 9.59 Å². The molecule has 6 nitrogen and oxygen atoms in total. The highest BCUT2D eigenvalue weighted by atomic mass is 16.5. The van der Waals surface area contributed by atoms with Gasteiger partial charge in [-0.3, -0.25) is 4.79 Å². The second kappa shape index (κ2) is 11.0. The van der Waals surface area contributed by atoms with Gasteiger partial charge < -0.3 is 19.7 Å². The molecule has 3 rings (SSSR count). The summed E-state index contributed by atoms with van der Waals surface area (Å²) in [6.07, 6.45) is 8.09. The lowest BCUT2D eigenvalue weighted by molar-refractivity contribution is -0.142. The molecule has 1 aliphatic heterocycles. The van der Waals surface area contributed by atoms with Crippen LogP contribution in [0.1, 0.15) is 31.2 Å². The van der Waals surface area contributed by atoms with Gasteiger partial charge in [0, 0.05) is 24.9 Å². The van der Waals surface area contributed by atoms with Crippen molar-refractivity contribution in [2.45, 2.75) is 25.7 Å². The number of ether oxygens (including phenoxy) is 2. The highest BCUT2D eigenvalue weighted by molar-refractivity contribution is 5.95. The molecule has 158 valence electrons. The van der Waals surface area contributed by atoms with Crippen molar-refractivity contribution in [2.75, 3.05) is 37.0 Å². The largest absolute Gasteiger partial charge is 0.495 e. The normalized spacial score (nSPS) is 14.2. The van der Waals surface area contributed by atoms with Gasteiger partial charge in [0.1, 0.15) is 5.75 Å². The van der Waals surface area contributed by atoms with Crippen molar-refractivity contribution in [1.82, 2.24) is 0 Å². The molecule has 1 N–H and O–H groups in total. The van der Waals surface area contributed by atoms with Crippen LogP contribution in [0.5, 0.6) is 5.75 Å². The summed E-state index contributed by atoms with van der Waals surface area (Å²) in [5, 5.41) is 2.66. The summed E-state index contributed by atoms with van der Waals surface area (Å²) in [6.45, 7) is 1.83. The number of nitrogens with zero attached hydrogens (tertiary/aromatic N) is 1. The van der Waals surface area contributed by atoms with E-state index in [0.29, 0.717) is 11.4 Å². The minimum Gasteiger partial charge on any atom is -0.495 e. The summed E-state index contributed by atoms with van der Waals surface area (Å²) in [6, 6.07) is 15.2. The summed E-state index contributed by atoms with van der Waals surface area (Å²) >= 11 is 0. The van der Waals surface area contributed by atoms with Gasteiger partial charge in [-0.05, 0) is 48.7 Å². The third-order valence-electron chi connectivity index (χ3n) is 5.00. The molecule has 0 atom stereocenters. The molecule has 0 saturated carbocycles. The van der Waals surface area contributed by atoms with Crippen molar-refractivity contribution >= 4 is 29.3 Å². The molecule has 0 spiro atoms. The van der Waals surface area contributed by atoms with Crippen molar-refractivity contribution in [2.24, 2.45) is 0 Å². The average Bonchev–Trinajstić information content (AvgIpc) is 3.06. The number of carbonyl (C=O) groups excluding carboxylic acids is 2. The van der Waals surface area contributed by atoms with Crippen LogP contribution in [-0.4, -0.2) is 38.7 Å². The number of hydrogen-bond donors (Lipinski definition) is 1. The Morgan fingerprint density at radius 2 is 1.70 bits per heavy atom. The number of rotatable bonds is 7. The maximum atomic E-state index is 12.0. The molecule has 1 heterocycles. The van der Waals surface area contributed by atoms with Crippen LogP contribution in [0.15, 0.2) is 54.6 Å². The Labute approximate surface area is 177 Å². The van der Waals surface area contributed by atoms with Crippen molar-refractivity contribution in [3.63, 3.8) is 0 Å². The van der Waals surface area contributed by atoms with Crippen LogP contribution in [0.2, 0.25) is 0 Å². The van der Waals surface area contributed by atoms with E-state index in [-0.39, 0.29) is 6.61 Å². The smallest absolute Gasteiger partial charge is 0.331 e. The number of para-hydroxylation sites is 2. The molecule has 0 radical (unpaired) electrons. The Balaban J connectivity index is 1.46. The molecule has 1 fully saturated rings. The van der Waals surface area contributed by atoms with E-state index in [1.54, 1.807) is 30.3 Å². The molecule has 1 aliphatic rings. The van der Waals surface area contributed by atoms with Crippen LogP contribution in [0.25, 0.3) is 6.08 Å². The summed E-state index contributed by atoms with van der Waals surface area (Å²) < 4.78 is 10.2. The molecular formula is C24H28N2O4. The molecule has 0 aliphatic carbocycles. The van der Waals surface area contributed by atoms with E-state index in [2.05, 4.69) is 22.3 Å². The topological polar surface area (TPSA) is 67.9 Å². The van der Waals surface area contributed by atoms with Gasteiger partial charge in [-0.25, -0.2) is 4.79 Å². The number of anilines is 2. The highest BCUT2D eigenvalue weighted by Gasteiger charge is 2.10. The van der Waals surface area contributed by atoms with Gasteiger partial charge in [0.15, 0.2) is 6.61 Å². The van der Waals surface area contributed by atoms with Gasteiger partial charge in [0.05, 0.1) is 12.8 Å². The van der Waals surface area contributed by atoms with E-state index >= 15 is 0 Å². The first-order chi connectivity index (χ1) is 14.7. The van der Waals surface area contributed by atoms with Crippen molar-refractivity contribution in [3.8, 4) is 5.75 Å². The predicted molar refractivity (Wildman–Crippen MR) is 119 cm³/mol. The first-order valence-electron chi connectivity index (χ1n) is 10.3. The van der Waals surface area contributed by atoms with Crippen LogP contribution >= 0.6 is 0 Å². The molecule has 0 unspecified atom stereocenters. The Bertz CT molecular complexity index is 869. The standard InChI is InChI=1S/C24H28N2O4/c1-29-22-9-5-4-8-21(22)25-23(27)18-30-24(28)15-12-19-10-13-20(14-11-19)26-16-6-2-3-7-17-26/h4-5,8-15H,2-3,6-7,16-18H2,1H3,(H,25,27)/b15-12+. The molecular weight excluding hydrogens is 380 g/mol. The van der Waals surface area contributed by atoms with Gasteiger partial charge >= 0.3 is 5.97 Å². The van der Waals surface area contributed by atoms with E-state index in [1.165, 1.54) is 44.6 Å². The Kier molecular flexibility index (Phi) is 7.89. The fraction of sp³-hybridized carbons (Fsp3) is 0.333. The van der Waals surface area contributed by atoms with Crippen LogP contribution in [0.3, 0.4) is 0 Å². The molecule has 0 aromatic heterocycles. The maximum Gasteiger partial charge on any atom is 0.331 e. The van der Waals surface area contributed by atoms with Crippen LogP contribution in [0.4, 0.5) is 11.4 Å². The maximum absolute atomic E-state index is 12.0. The summed E-state index contributed by atoms with van der Waals surface area (Å²) in [5.74, 6) is -0.453. The zero-order chi connectivity index (χ0) is 21.2. The Morgan fingerprint density at radius 1 is 1.00 bits per heavy atom. The predicted octanol–water partition coefficient (Wildman–Crippen LogP) is 4.27. The van der Waals surface area contributed by atoms with Crippen LogP contribution < -0.4 is 15.0 Å². The van der Waals surface area contributed by atoms with Crippen LogP contribution in [0, 0.1) is 0 Å². The van der Waals surface area contributed by atoms with E-state index < -0.39 is 11.9 Å². The van der Waals surface area contributed by atoms with Crippen molar-refractivity contribution in [1.29, 1.82) is 0 Å². The fourth-order valence-electron chi connectivity index (χ4n) is 3.41. The average molecular weight is 408 g/mol. The quantitative estimate of drug-likeness (QED) is 0.547. The van der Waals surface area contributed by atoms with Gasteiger partial charge in [0.2, 0.25) is 0 Å². The molecule has 1 saturated heterocycles. The zero-order valence-electron chi connectivity index (χ0n) is 17.3. The highest BCUT2D eigenvalue weighted by Crippen LogP contribution is 2.23. The van der Waals surface area contributed by atoms with Gasteiger partial charge in [0.25, 0.3) is 5.91 Å². The Morgan fingerprint density at radius 3 is 2.40 bits per heavy atom. The third-order valence-corrected chi connectivity index (χ3v) is 5.00. The molecule has 1 amide bonds. The van der Waals surface area contributed by atoms with Gasteiger partial charge in [-0.1, -0.05) is 37.1 Å². The number of benzene rings is 2. The number of carbonyl (C=O) groups is 2. The second-order valence-corrected chi connectivity index (χ2v) is 7.18. The second-order valence-electron chi connectivity index (χ2n) is 7.18. The van der Waals surface area contributed by atoms with Gasteiger partial charge in [-0.2, -0.15) is 0 Å². The molecule has 0 bridgehead atoms. The first-order valence-corrected chi connectivity index (χ1v) is 10.3. The molecule has 2 aromatic carbocycles. The minimum absolute atomic E-state index is 0.366. The SMILES string of the molecule is COc1ccccc1NC(=O)COC(=O)/C=C/c1ccc(N2CCCCCC2)cc1. The first kappa shape index (κ1) is 21.4. The number of methoxy groups -OCH3 is 1. The number of esters is 1. The lowest BCUT2D eigenvalue weighted by Gasteiger charge is -2.22. The molecule has 30 heavy (non-hydrogen) atoms. The lowest BCUT2D eigenvalue weighted by atomic mass is 10.1. The van der Waals surface area contributed by atoms with E-state index in [4.69, 9.17) is 9.47 Å². The monoisotopic (exact) mass is 408 g/mol. The number of amides is 1. The molecule has 6 heteroatoms. The summed E-state index contributed by atoms with van der Waals surface area (Å²) in [7, 11) is 1.52. The van der Waals surface area contributed by atoms with Crippen molar-refractivity contribution in [3.05, 3.63) is 60.2 Å². The lowest BCUT2D eigenvalue weighted by Crippen LogP contribution is -2.23. The van der Waals surface area contributed by atoms with E-state index in [0.717, 1.165) is 18.7 Å². The summed E-state index contributed by atoms with van der Waals surface area (Å²) in [5.41, 5.74) is 2.65. The van der Waals surface area contributed by atoms with E-state index in [1.807, 2.05) is 12.1 Å². The number of hydrogen-bond acceptors (Lipinski definition) is 5. The van der Waals surface area contributed by atoms with Gasteiger partial charge in [-0.15, -0.1) is 0 Å². The fourth-order valence-corrected chi connectivity index (χ4v) is 3.41. The number of nitrogens with one attached hydrogen (secondary N) is 1.